The molecule has 0 aliphatic rings. The van der Waals surface area contributed by atoms with Crippen molar-refractivity contribution in [3.63, 3.8) is 0 Å². The number of ether oxygens (including phenoxy) is 6. The van der Waals surface area contributed by atoms with Crippen LogP contribution in [0.5, 0.6) is 28.7 Å². The fraction of sp³-hybridized carbons (Fsp3) is 0.435. The fourth-order valence-corrected chi connectivity index (χ4v) is 28.2. The van der Waals surface area contributed by atoms with E-state index >= 15 is 0 Å². The Morgan fingerprint density at radius 3 is 1.10 bits per heavy atom. The predicted molar refractivity (Wildman–Crippen MR) is 356 cm³/mol. The molecule has 0 N–H and O–H groups in total. The number of methoxy groups -OCH3 is 1. The van der Waals surface area contributed by atoms with Gasteiger partial charge < -0.3 is 36.7 Å². The molecule has 458 valence electrons. The Kier molecular flexibility index (Phi) is 29.4. The first-order valence-corrected chi connectivity index (χ1v) is 41.7. The lowest BCUT2D eigenvalue weighted by molar-refractivity contribution is 0.121. The van der Waals surface area contributed by atoms with Gasteiger partial charge in [-0.1, -0.05) is 171 Å². The molecule has 0 aliphatic heterocycles. The van der Waals surface area contributed by atoms with Crippen LogP contribution in [0.2, 0.25) is 76.6 Å². The Morgan fingerprint density at radius 2 is 0.738 bits per heavy atom. The standard InChI is InChI=1S/C34H48O4Si2.C33H44O7Si2.2CH4/c1-9-10-25-39(5,6)38-40(7,8)26-13-15-28-14-11-12-16-32(28)37-33(35)36-31-23-21-30(22-24-31)34(3,4)29-19-17-27(2)18-20-29;1-7-8-23-41(3,4)40-42(5,6)24-11-13-28-12-9-10-14-31(28)39-33(35)38-30-21-17-27(18-22-30)25-26-15-19-29(20-16-26)37-32(34)36-2;;/h11-12,14,16-24H,9-10,13,15,25-26H2,1-8H3;9-10,12,14-22H,7-8,11,13,23-25H2,1-6H3;2*1H4. The van der Waals surface area contributed by atoms with Gasteiger partial charge in [-0.25, -0.2) is 14.4 Å². The van der Waals surface area contributed by atoms with Crippen molar-refractivity contribution in [1.29, 1.82) is 0 Å². The predicted octanol–water partition coefficient (Wildman–Crippen LogP) is 20.5. The molecule has 6 aromatic rings. The molecule has 0 unspecified atom stereocenters. The van der Waals surface area contributed by atoms with Crippen LogP contribution in [0.3, 0.4) is 0 Å². The van der Waals surface area contributed by atoms with Crippen molar-refractivity contribution in [3.8, 4) is 28.7 Å². The summed E-state index contributed by atoms with van der Waals surface area (Å²) in [5.74, 6) is 2.37. The molecule has 0 saturated carbocycles. The fourth-order valence-electron chi connectivity index (χ4n) is 10.1. The van der Waals surface area contributed by atoms with Gasteiger partial charge in [0.1, 0.15) is 28.7 Å². The highest BCUT2D eigenvalue weighted by Crippen LogP contribution is 2.34. The van der Waals surface area contributed by atoms with E-state index < -0.39 is 51.7 Å². The molecule has 0 spiro atoms. The van der Waals surface area contributed by atoms with E-state index in [1.165, 1.54) is 56.0 Å². The molecule has 0 heterocycles. The smallest absolute Gasteiger partial charge is 0.455 e. The minimum absolute atomic E-state index is 0. The van der Waals surface area contributed by atoms with Crippen LogP contribution in [0.25, 0.3) is 0 Å². The van der Waals surface area contributed by atoms with E-state index in [2.05, 4.69) is 116 Å². The zero-order chi connectivity index (χ0) is 60.0. The molecule has 0 aliphatic carbocycles. The van der Waals surface area contributed by atoms with Crippen molar-refractivity contribution in [1.82, 2.24) is 0 Å². The average molecular weight is 1220 g/mol. The summed E-state index contributed by atoms with van der Waals surface area (Å²) < 4.78 is 45.3. The molecule has 15 heteroatoms. The molecule has 11 nitrogen and oxygen atoms in total. The second-order valence-electron chi connectivity index (χ2n) is 24.3. The van der Waals surface area contributed by atoms with Gasteiger partial charge in [0.05, 0.1) is 7.11 Å². The number of hydrogen-bond acceptors (Lipinski definition) is 11. The third-order valence-corrected chi connectivity index (χ3v) is 29.6. The van der Waals surface area contributed by atoms with Crippen molar-refractivity contribution >= 4 is 51.7 Å². The maximum Gasteiger partial charge on any atom is 0.519 e. The van der Waals surface area contributed by atoms with Crippen LogP contribution in [0.1, 0.15) is 120 Å². The maximum absolute atomic E-state index is 12.7. The Balaban J connectivity index is 0.000000430. The molecule has 0 bridgehead atoms. The van der Waals surface area contributed by atoms with Crippen LogP contribution < -0.4 is 23.7 Å². The third-order valence-electron chi connectivity index (χ3n) is 14.5. The molecule has 84 heavy (non-hydrogen) atoms. The third kappa shape index (κ3) is 25.2. The van der Waals surface area contributed by atoms with Crippen LogP contribution in [0, 0.1) is 6.92 Å². The number of aryl methyl sites for hydroxylation is 3. The largest absolute Gasteiger partial charge is 0.519 e. The Hall–Kier alpha value is -6.08. The van der Waals surface area contributed by atoms with Crippen LogP contribution >= 0.6 is 0 Å². The summed E-state index contributed by atoms with van der Waals surface area (Å²) in [6.07, 6.45) is 6.97. The number of benzene rings is 6. The van der Waals surface area contributed by atoms with Crippen molar-refractivity contribution in [3.05, 3.63) is 185 Å². The van der Waals surface area contributed by atoms with Crippen LogP contribution in [-0.2, 0) is 37.6 Å². The van der Waals surface area contributed by atoms with E-state index in [1.54, 1.807) is 30.3 Å². The highest BCUT2D eigenvalue weighted by Gasteiger charge is 2.34. The minimum atomic E-state index is -1.78. The van der Waals surface area contributed by atoms with E-state index in [1.807, 2.05) is 91.0 Å². The van der Waals surface area contributed by atoms with Gasteiger partial charge in [-0.05, 0) is 197 Å². The lowest BCUT2D eigenvalue weighted by Gasteiger charge is -2.34. The number of hydrogen-bond donors (Lipinski definition) is 0. The summed E-state index contributed by atoms with van der Waals surface area (Å²) in [7, 11) is -5.52. The van der Waals surface area contributed by atoms with Gasteiger partial charge >= 0.3 is 18.5 Å². The summed E-state index contributed by atoms with van der Waals surface area (Å²) in [4.78, 5) is 36.5. The van der Waals surface area contributed by atoms with Crippen LogP contribution in [-0.4, -0.2) is 58.8 Å². The lowest BCUT2D eigenvalue weighted by atomic mass is 9.78. The topological polar surface area (TPSA) is 125 Å². The van der Waals surface area contributed by atoms with E-state index in [4.69, 9.17) is 31.9 Å². The van der Waals surface area contributed by atoms with Gasteiger partial charge in [-0.2, -0.15) is 0 Å². The molecule has 0 atom stereocenters. The van der Waals surface area contributed by atoms with Crippen molar-refractivity contribution in [2.45, 2.75) is 189 Å². The van der Waals surface area contributed by atoms with Crippen LogP contribution in [0.15, 0.2) is 146 Å². The second-order valence-corrected chi connectivity index (χ2v) is 42.0. The Labute approximate surface area is 509 Å². The first-order valence-electron chi connectivity index (χ1n) is 29.3. The molecule has 6 aromatic carbocycles. The first kappa shape index (κ1) is 72.2. The molecular weight excluding hydrogens is 1120 g/mol. The number of carbonyl (C=O) groups excluding carboxylic acids is 3. The van der Waals surface area contributed by atoms with Gasteiger partial charge in [0.25, 0.3) is 0 Å². The second kappa shape index (κ2) is 34.2. The van der Waals surface area contributed by atoms with Gasteiger partial charge in [0, 0.05) is 5.41 Å². The minimum Gasteiger partial charge on any atom is -0.455 e. The molecule has 0 fully saturated rings. The highest BCUT2D eigenvalue weighted by molar-refractivity contribution is 6.85. The zero-order valence-electron chi connectivity index (χ0n) is 51.5. The van der Waals surface area contributed by atoms with Crippen molar-refractivity contribution in [2.75, 3.05) is 7.11 Å². The zero-order valence-corrected chi connectivity index (χ0v) is 55.5. The Morgan fingerprint density at radius 1 is 0.417 bits per heavy atom. The normalized spacial score (nSPS) is 11.6. The van der Waals surface area contributed by atoms with Crippen molar-refractivity contribution in [2.24, 2.45) is 0 Å². The van der Waals surface area contributed by atoms with Gasteiger partial charge in [-0.3, -0.25) is 0 Å². The summed E-state index contributed by atoms with van der Waals surface area (Å²) >= 11 is 0. The quantitative estimate of drug-likeness (QED) is 0.0278. The van der Waals surface area contributed by atoms with Crippen molar-refractivity contribution < 1.29 is 51.0 Å². The summed E-state index contributed by atoms with van der Waals surface area (Å²) in [6, 6.07) is 50.7. The van der Waals surface area contributed by atoms with Gasteiger partial charge in [0.2, 0.25) is 0 Å². The monoisotopic (exact) mass is 1220 g/mol. The summed E-state index contributed by atoms with van der Waals surface area (Å²) in [5, 5.41) is 0. The first-order chi connectivity index (χ1) is 38.8. The number of unbranched alkanes of at least 4 members (excludes halogenated alkanes) is 2. The highest BCUT2D eigenvalue weighted by atomic mass is 28.4. The number of rotatable bonds is 27. The number of carbonyl (C=O) groups is 3. The average Bonchev–Trinajstić information content (AvgIpc) is 3.46. The van der Waals surface area contributed by atoms with E-state index in [0.717, 1.165) is 65.6 Å². The van der Waals surface area contributed by atoms with E-state index in [9.17, 15) is 14.4 Å². The van der Waals surface area contributed by atoms with Gasteiger partial charge in [-0.15, -0.1) is 0 Å². The molecule has 6 rings (SSSR count). The SMILES string of the molecule is C.C.CCCC[Si](C)(C)O[Si](C)(C)CCCc1ccccc1OC(=O)Oc1ccc(C(C)(C)c2ccc(C)cc2)cc1.CCCC[Si](C)(C)O[Si](C)(C)CCCc1ccccc1OC(=O)Oc1ccc(Cc2ccc(OC(=O)OC)cc2)cc1. The summed E-state index contributed by atoms with van der Waals surface area (Å²) in [6.45, 7) is 29.6. The molecule has 0 aromatic heterocycles. The molecule has 0 radical (unpaired) electrons. The number of para-hydroxylation sites is 2. The Bertz CT molecular complexity index is 2920. The van der Waals surface area contributed by atoms with E-state index in [-0.39, 0.29) is 20.3 Å². The van der Waals surface area contributed by atoms with E-state index in [0.29, 0.717) is 35.2 Å². The maximum atomic E-state index is 12.7. The lowest BCUT2D eigenvalue weighted by Crippen LogP contribution is -2.44. The summed E-state index contributed by atoms with van der Waals surface area (Å²) in [5.41, 5.74) is 7.54. The van der Waals surface area contributed by atoms with Gasteiger partial charge in [0.15, 0.2) is 33.3 Å². The van der Waals surface area contributed by atoms with Crippen LogP contribution in [0.4, 0.5) is 14.4 Å². The molecule has 0 amide bonds. The molecule has 0 saturated heterocycles. The molecular formula is C69H100O11Si4.